The van der Waals surface area contributed by atoms with E-state index in [0.717, 1.165) is 5.56 Å². The lowest BCUT2D eigenvalue weighted by molar-refractivity contribution is -0.113. The van der Waals surface area contributed by atoms with Crippen molar-refractivity contribution in [3.63, 3.8) is 0 Å². The molecule has 2 aromatic carbocycles. The first kappa shape index (κ1) is 26.3. The molecule has 3 rings (SSSR count). The fraction of sp³-hybridized carbons (Fsp3) is 0.250. The summed E-state index contributed by atoms with van der Waals surface area (Å²) in [4.78, 5) is 25.1. The number of amides is 2. The molecule has 1 heterocycles. The number of methoxy groups -OCH3 is 1. The summed E-state index contributed by atoms with van der Waals surface area (Å²) in [5.41, 5.74) is 1.92. The Bertz CT molecular complexity index is 1200. The van der Waals surface area contributed by atoms with Gasteiger partial charge in [-0.05, 0) is 48.9 Å². The minimum absolute atomic E-state index is 0.0722. The van der Waals surface area contributed by atoms with Crippen LogP contribution in [0.25, 0.3) is 0 Å². The second-order valence-electron chi connectivity index (χ2n) is 7.48. The number of hydrogen-bond donors (Lipinski definition) is 3. The molecule has 0 aliphatic carbocycles. The van der Waals surface area contributed by atoms with Gasteiger partial charge in [0, 0.05) is 22.8 Å². The number of aromatic nitrogens is 3. The van der Waals surface area contributed by atoms with E-state index in [1.807, 2.05) is 13.0 Å². The van der Waals surface area contributed by atoms with Gasteiger partial charge >= 0.3 is 0 Å². The Balaban J connectivity index is 1.69. The van der Waals surface area contributed by atoms with E-state index in [4.69, 9.17) is 16.3 Å². The minimum Gasteiger partial charge on any atom is -0.497 e. The number of thioether (sulfide) groups is 1. The van der Waals surface area contributed by atoms with E-state index in [1.54, 1.807) is 54.2 Å². The van der Waals surface area contributed by atoms with Crippen LogP contribution in [-0.4, -0.2) is 51.2 Å². The molecule has 0 aliphatic heterocycles. The number of carbonyl (C=O) groups excluding carboxylic acids is 2. The topological polar surface area (TPSA) is 118 Å². The molecule has 3 aromatic rings. The van der Waals surface area contributed by atoms with E-state index in [-0.39, 0.29) is 17.6 Å². The predicted molar refractivity (Wildman–Crippen MR) is 136 cm³/mol. The summed E-state index contributed by atoms with van der Waals surface area (Å²) in [5.74, 6) is 0.425. The average Bonchev–Trinajstić information content (AvgIpc) is 3.26. The molecule has 0 saturated heterocycles. The number of carbonyl (C=O) groups is 2. The van der Waals surface area contributed by atoms with Crippen LogP contribution in [0.1, 0.15) is 27.8 Å². The first-order valence-corrected chi connectivity index (χ1v) is 12.0. The zero-order valence-corrected chi connectivity index (χ0v) is 20.9. The molecule has 0 bridgehead atoms. The first-order chi connectivity index (χ1) is 16.9. The number of nitrogens with one attached hydrogen (secondary N) is 2. The van der Waals surface area contributed by atoms with Gasteiger partial charge in [-0.2, -0.15) is 0 Å². The van der Waals surface area contributed by atoms with Crippen LogP contribution in [0.2, 0.25) is 5.02 Å². The van der Waals surface area contributed by atoms with Gasteiger partial charge in [0.15, 0.2) is 11.0 Å². The third kappa shape index (κ3) is 6.84. The molecule has 0 fully saturated rings. The van der Waals surface area contributed by atoms with Crippen molar-refractivity contribution in [1.29, 1.82) is 0 Å². The number of ether oxygens (including phenoxy) is 1. The van der Waals surface area contributed by atoms with Crippen LogP contribution < -0.4 is 15.4 Å². The van der Waals surface area contributed by atoms with Gasteiger partial charge in [-0.1, -0.05) is 35.5 Å². The zero-order chi connectivity index (χ0) is 25.4. The Hall–Kier alpha value is -3.34. The number of aryl methyl sites for hydroxylation is 1. The van der Waals surface area contributed by atoms with Gasteiger partial charge in [-0.25, -0.2) is 0 Å². The van der Waals surface area contributed by atoms with Crippen molar-refractivity contribution in [3.05, 3.63) is 77.1 Å². The molecule has 1 unspecified atom stereocenters. The van der Waals surface area contributed by atoms with E-state index in [9.17, 15) is 14.7 Å². The Morgan fingerprint density at radius 2 is 2.00 bits per heavy atom. The van der Waals surface area contributed by atoms with Gasteiger partial charge in [-0.3, -0.25) is 9.59 Å². The standard InChI is InChI=1S/C24H26ClN5O4S/c1-4-11-30-22(20(13-31)27-23(33)16-6-9-18(34-3)10-7-16)28-29-24(30)35-14-21(32)26-17-8-5-15(2)19(25)12-17/h4-10,12,20,31H,1,11,13-14H2,2-3H3,(H,26,32)(H,27,33). The summed E-state index contributed by atoms with van der Waals surface area (Å²) >= 11 is 7.30. The highest BCUT2D eigenvalue weighted by molar-refractivity contribution is 7.99. The molecule has 35 heavy (non-hydrogen) atoms. The quantitative estimate of drug-likeness (QED) is 0.263. The normalized spacial score (nSPS) is 11.5. The SMILES string of the molecule is C=CCn1c(SCC(=O)Nc2ccc(C)c(Cl)c2)nnc1C(CO)NC(=O)c1ccc(OC)cc1. The largest absolute Gasteiger partial charge is 0.497 e. The summed E-state index contributed by atoms with van der Waals surface area (Å²) in [6.07, 6.45) is 1.64. The van der Waals surface area contributed by atoms with Crippen molar-refractivity contribution in [1.82, 2.24) is 20.1 Å². The summed E-state index contributed by atoms with van der Waals surface area (Å²) in [6, 6.07) is 11.1. The molecule has 1 atom stereocenters. The van der Waals surface area contributed by atoms with Gasteiger partial charge in [0.05, 0.1) is 19.5 Å². The Morgan fingerprint density at radius 3 is 2.63 bits per heavy atom. The van der Waals surface area contributed by atoms with Gasteiger partial charge in [0.1, 0.15) is 11.8 Å². The number of aliphatic hydroxyl groups excluding tert-OH is 1. The van der Waals surface area contributed by atoms with E-state index < -0.39 is 12.6 Å². The number of rotatable bonds is 11. The third-order valence-electron chi connectivity index (χ3n) is 5.00. The van der Waals surface area contributed by atoms with E-state index >= 15 is 0 Å². The van der Waals surface area contributed by atoms with Crippen molar-refractivity contribution < 1.29 is 19.4 Å². The second-order valence-corrected chi connectivity index (χ2v) is 8.83. The zero-order valence-electron chi connectivity index (χ0n) is 19.3. The molecule has 0 saturated carbocycles. The summed E-state index contributed by atoms with van der Waals surface area (Å²) in [7, 11) is 1.54. The maximum absolute atomic E-state index is 12.7. The van der Waals surface area contributed by atoms with Gasteiger partial charge < -0.3 is 25.0 Å². The van der Waals surface area contributed by atoms with Crippen molar-refractivity contribution in [2.24, 2.45) is 0 Å². The van der Waals surface area contributed by atoms with Crippen LogP contribution in [-0.2, 0) is 11.3 Å². The Morgan fingerprint density at radius 1 is 1.26 bits per heavy atom. The van der Waals surface area contributed by atoms with Crippen molar-refractivity contribution in [2.45, 2.75) is 24.7 Å². The Labute approximate surface area is 212 Å². The summed E-state index contributed by atoms with van der Waals surface area (Å²) in [5, 5.41) is 24.9. The highest BCUT2D eigenvalue weighted by Gasteiger charge is 2.23. The molecule has 11 heteroatoms. The van der Waals surface area contributed by atoms with Crippen molar-refractivity contribution in [3.8, 4) is 5.75 Å². The first-order valence-electron chi connectivity index (χ1n) is 10.6. The number of benzene rings is 2. The van der Waals surface area contributed by atoms with Crippen LogP contribution in [0.3, 0.4) is 0 Å². The molecule has 2 amide bonds. The van der Waals surface area contributed by atoms with Gasteiger partial charge in [0.25, 0.3) is 5.91 Å². The summed E-state index contributed by atoms with van der Waals surface area (Å²) < 4.78 is 6.81. The lowest BCUT2D eigenvalue weighted by atomic mass is 10.2. The lowest BCUT2D eigenvalue weighted by Gasteiger charge is -2.17. The molecule has 0 spiro atoms. The number of allylic oxidation sites excluding steroid dienone is 1. The molecular weight excluding hydrogens is 490 g/mol. The molecule has 1 aromatic heterocycles. The van der Waals surface area contributed by atoms with Gasteiger partial charge in [0.2, 0.25) is 5.91 Å². The maximum Gasteiger partial charge on any atom is 0.251 e. The maximum atomic E-state index is 12.7. The fourth-order valence-corrected chi connectivity index (χ4v) is 4.07. The molecule has 0 radical (unpaired) electrons. The minimum atomic E-state index is -0.810. The lowest BCUT2D eigenvalue weighted by Crippen LogP contribution is -2.33. The van der Waals surface area contributed by atoms with Crippen LogP contribution in [0.15, 0.2) is 60.3 Å². The smallest absolute Gasteiger partial charge is 0.251 e. The number of anilines is 1. The van der Waals surface area contributed by atoms with Crippen LogP contribution >= 0.6 is 23.4 Å². The highest BCUT2D eigenvalue weighted by Crippen LogP contribution is 2.23. The van der Waals surface area contributed by atoms with E-state index in [1.165, 1.54) is 11.8 Å². The fourth-order valence-electron chi connectivity index (χ4n) is 3.14. The monoisotopic (exact) mass is 515 g/mol. The average molecular weight is 516 g/mol. The number of halogens is 1. The highest BCUT2D eigenvalue weighted by atomic mass is 35.5. The second kappa shape index (κ2) is 12.4. The van der Waals surface area contributed by atoms with Crippen LogP contribution in [0.4, 0.5) is 5.69 Å². The van der Waals surface area contributed by atoms with Crippen molar-refractivity contribution >= 4 is 40.9 Å². The number of aliphatic hydroxyl groups is 1. The molecule has 184 valence electrons. The van der Waals surface area contributed by atoms with Crippen LogP contribution in [0.5, 0.6) is 5.75 Å². The third-order valence-corrected chi connectivity index (χ3v) is 6.37. The molecule has 3 N–H and O–H groups in total. The van der Waals surface area contributed by atoms with Gasteiger partial charge in [-0.15, -0.1) is 16.8 Å². The Kier molecular flexibility index (Phi) is 9.30. The van der Waals surface area contributed by atoms with Crippen molar-refractivity contribution in [2.75, 3.05) is 24.8 Å². The predicted octanol–water partition coefficient (Wildman–Crippen LogP) is 3.63. The van der Waals surface area contributed by atoms with E-state index in [2.05, 4.69) is 27.4 Å². The molecule has 0 aliphatic rings. The summed E-state index contributed by atoms with van der Waals surface area (Å²) in [6.45, 7) is 5.57. The van der Waals surface area contributed by atoms with Crippen LogP contribution in [0, 0.1) is 6.92 Å². The number of nitrogens with zero attached hydrogens (tertiary/aromatic N) is 3. The molecule has 9 nitrogen and oxygen atoms in total. The molecular formula is C24H26ClN5O4S. The van der Waals surface area contributed by atoms with E-state index in [0.29, 0.717) is 39.5 Å². The number of hydrogen-bond acceptors (Lipinski definition) is 7.